The van der Waals surface area contributed by atoms with E-state index in [1.165, 1.54) is 87.8 Å². The minimum absolute atomic E-state index is 0.898. The highest BCUT2D eigenvalue weighted by molar-refractivity contribution is 6.27. The Labute approximate surface area is 296 Å². The zero-order chi connectivity index (χ0) is 33.5. The van der Waals surface area contributed by atoms with Crippen molar-refractivity contribution in [3.63, 3.8) is 0 Å². The van der Waals surface area contributed by atoms with E-state index < -0.39 is 0 Å². The van der Waals surface area contributed by atoms with Gasteiger partial charge in [0.1, 0.15) is 11.5 Å². The maximum absolute atomic E-state index is 6.57. The molecule has 0 fully saturated rings. The van der Waals surface area contributed by atoms with Crippen LogP contribution in [0.5, 0.6) is 11.5 Å². The topological polar surface area (TPSA) is 9.23 Å². The Morgan fingerprint density at radius 2 is 0.784 bits per heavy atom. The summed E-state index contributed by atoms with van der Waals surface area (Å²) in [6.45, 7) is 0. The molecule has 0 aromatic heterocycles. The molecule has 0 atom stereocenters. The molecule has 236 valence electrons. The van der Waals surface area contributed by atoms with Gasteiger partial charge in [0.15, 0.2) is 0 Å². The largest absolute Gasteiger partial charge is 0.456 e. The van der Waals surface area contributed by atoms with Crippen LogP contribution in [0, 0.1) is 0 Å². The standard InChI is InChI=1S/C50H30O/c1-3-9-31(10-4-1)35-21-27-46-45(30-35)42-16-8-15-41-40(26-28-47(51-46)50(41)42)37-14-7-13-36(29-37)39-23-18-34-19-24-43-38(32-11-5-2-6-12-32)22-17-33-20-25-44(39)49(34)48(33)43/h1-30H. The van der Waals surface area contributed by atoms with Gasteiger partial charge in [0.2, 0.25) is 0 Å². The number of benzene rings is 10. The smallest absolute Gasteiger partial charge is 0.135 e. The second-order valence-electron chi connectivity index (χ2n) is 13.6. The molecule has 0 amide bonds. The summed E-state index contributed by atoms with van der Waals surface area (Å²) >= 11 is 0. The fourth-order valence-corrected chi connectivity index (χ4v) is 8.47. The Hall–Kier alpha value is -6.70. The summed E-state index contributed by atoms with van der Waals surface area (Å²) in [5, 5.41) is 10.2. The first kappa shape index (κ1) is 28.2. The van der Waals surface area contributed by atoms with Gasteiger partial charge in [-0.3, -0.25) is 0 Å². The van der Waals surface area contributed by atoms with Crippen molar-refractivity contribution in [2.45, 2.75) is 0 Å². The molecule has 0 aliphatic carbocycles. The van der Waals surface area contributed by atoms with Crippen LogP contribution in [-0.4, -0.2) is 0 Å². The second kappa shape index (κ2) is 10.9. The number of hydrogen-bond donors (Lipinski definition) is 0. The molecule has 10 aromatic rings. The lowest BCUT2D eigenvalue weighted by Crippen LogP contribution is -1.98. The first-order chi connectivity index (χ1) is 25.3. The van der Waals surface area contributed by atoms with Crippen molar-refractivity contribution in [2.75, 3.05) is 0 Å². The first-order valence-corrected chi connectivity index (χ1v) is 17.6. The summed E-state index contributed by atoms with van der Waals surface area (Å²) in [7, 11) is 0. The first-order valence-electron chi connectivity index (χ1n) is 17.6. The molecule has 1 heterocycles. The van der Waals surface area contributed by atoms with Gasteiger partial charge in [-0.1, -0.05) is 158 Å². The molecular weight excluding hydrogens is 617 g/mol. The molecule has 11 rings (SSSR count). The van der Waals surface area contributed by atoms with Crippen molar-refractivity contribution in [1.29, 1.82) is 0 Å². The third-order valence-electron chi connectivity index (χ3n) is 10.8. The Bertz CT molecular complexity index is 2970. The van der Waals surface area contributed by atoms with Crippen LogP contribution in [0.4, 0.5) is 0 Å². The van der Waals surface area contributed by atoms with Gasteiger partial charge in [0.05, 0.1) is 0 Å². The molecule has 0 spiro atoms. The predicted octanol–water partition coefficient (Wildman–Crippen LogP) is 14.2. The third kappa shape index (κ3) is 4.28. The van der Waals surface area contributed by atoms with E-state index in [0.29, 0.717) is 0 Å². The lowest BCUT2D eigenvalue weighted by atomic mass is 9.86. The Kier molecular flexibility index (Phi) is 6.02. The molecular formula is C50H30O. The van der Waals surface area contributed by atoms with Crippen LogP contribution in [0.2, 0.25) is 0 Å². The van der Waals surface area contributed by atoms with Gasteiger partial charge >= 0.3 is 0 Å². The highest BCUT2D eigenvalue weighted by Gasteiger charge is 2.23. The molecule has 0 radical (unpaired) electrons. The van der Waals surface area contributed by atoms with Crippen LogP contribution in [-0.2, 0) is 0 Å². The fourth-order valence-electron chi connectivity index (χ4n) is 8.47. The van der Waals surface area contributed by atoms with Crippen LogP contribution < -0.4 is 4.74 Å². The lowest BCUT2D eigenvalue weighted by Gasteiger charge is -2.23. The zero-order valence-corrected chi connectivity index (χ0v) is 27.7. The van der Waals surface area contributed by atoms with Crippen molar-refractivity contribution < 1.29 is 4.74 Å². The van der Waals surface area contributed by atoms with Gasteiger partial charge < -0.3 is 4.74 Å². The van der Waals surface area contributed by atoms with Crippen LogP contribution in [0.3, 0.4) is 0 Å². The zero-order valence-electron chi connectivity index (χ0n) is 27.7. The minimum atomic E-state index is 0.898. The summed E-state index contributed by atoms with van der Waals surface area (Å²) in [4.78, 5) is 0. The molecule has 0 saturated heterocycles. The highest BCUT2D eigenvalue weighted by Crippen LogP contribution is 2.50. The normalized spacial score (nSPS) is 12.1. The molecule has 0 N–H and O–H groups in total. The van der Waals surface area contributed by atoms with Gasteiger partial charge in [0.25, 0.3) is 0 Å². The van der Waals surface area contributed by atoms with E-state index in [1.807, 2.05) is 0 Å². The van der Waals surface area contributed by atoms with E-state index in [1.54, 1.807) is 0 Å². The summed E-state index contributed by atoms with van der Waals surface area (Å²) < 4.78 is 6.57. The van der Waals surface area contributed by atoms with E-state index >= 15 is 0 Å². The molecule has 51 heavy (non-hydrogen) atoms. The van der Waals surface area contributed by atoms with Crippen LogP contribution in [0.15, 0.2) is 182 Å². The summed E-state index contributed by atoms with van der Waals surface area (Å²) in [5.41, 5.74) is 12.1. The quantitative estimate of drug-likeness (QED) is 0.173. The maximum atomic E-state index is 6.57. The van der Waals surface area contributed by atoms with E-state index in [4.69, 9.17) is 4.74 Å². The number of rotatable bonds is 4. The monoisotopic (exact) mass is 646 g/mol. The van der Waals surface area contributed by atoms with Gasteiger partial charge in [-0.2, -0.15) is 0 Å². The Morgan fingerprint density at radius 3 is 1.47 bits per heavy atom. The minimum Gasteiger partial charge on any atom is -0.456 e. The van der Waals surface area contributed by atoms with E-state index in [2.05, 4.69) is 182 Å². The molecule has 1 nitrogen and oxygen atoms in total. The Balaban J connectivity index is 1.07. The molecule has 0 bridgehead atoms. The fraction of sp³-hybridized carbons (Fsp3) is 0. The number of ether oxygens (including phenoxy) is 1. The Morgan fingerprint density at radius 1 is 0.255 bits per heavy atom. The van der Waals surface area contributed by atoms with E-state index in [-0.39, 0.29) is 0 Å². The summed E-state index contributed by atoms with van der Waals surface area (Å²) in [6, 6.07) is 66.2. The second-order valence-corrected chi connectivity index (χ2v) is 13.6. The van der Waals surface area contributed by atoms with Crippen molar-refractivity contribution in [3.05, 3.63) is 182 Å². The molecule has 10 aromatic carbocycles. The summed E-state index contributed by atoms with van der Waals surface area (Å²) in [5.74, 6) is 1.80. The molecule has 1 aliphatic rings. The van der Waals surface area contributed by atoms with Crippen LogP contribution in [0.25, 0.3) is 98.7 Å². The predicted molar refractivity (Wildman–Crippen MR) is 215 cm³/mol. The number of fused-ring (bicyclic) bond motifs is 2. The van der Waals surface area contributed by atoms with Crippen molar-refractivity contribution >= 4 is 43.1 Å². The van der Waals surface area contributed by atoms with Gasteiger partial charge in [-0.15, -0.1) is 0 Å². The third-order valence-corrected chi connectivity index (χ3v) is 10.8. The highest BCUT2D eigenvalue weighted by atomic mass is 16.5. The van der Waals surface area contributed by atoms with Gasteiger partial charge in [-0.25, -0.2) is 0 Å². The average Bonchev–Trinajstić information content (AvgIpc) is 3.20. The maximum Gasteiger partial charge on any atom is 0.135 e. The van der Waals surface area contributed by atoms with E-state index in [0.717, 1.165) is 22.4 Å². The van der Waals surface area contributed by atoms with E-state index in [9.17, 15) is 0 Å². The lowest BCUT2D eigenvalue weighted by molar-refractivity contribution is 0.487. The van der Waals surface area contributed by atoms with Gasteiger partial charge in [0, 0.05) is 10.9 Å². The van der Waals surface area contributed by atoms with Gasteiger partial charge in [-0.05, 0) is 112 Å². The van der Waals surface area contributed by atoms with Crippen molar-refractivity contribution in [2.24, 2.45) is 0 Å². The molecule has 1 heteroatoms. The molecule has 1 aliphatic heterocycles. The molecule has 0 unspecified atom stereocenters. The van der Waals surface area contributed by atoms with Crippen LogP contribution >= 0.6 is 0 Å². The average molecular weight is 647 g/mol. The van der Waals surface area contributed by atoms with Crippen molar-refractivity contribution in [1.82, 2.24) is 0 Å². The number of hydrogen-bond acceptors (Lipinski definition) is 1. The van der Waals surface area contributed by atoms with Crippen LogP contribution in [0.1, 0.15) is 0 Å². The van der Waals surface area contributed by atoms with Crippen molar-refractivity contribution in [3.8, 4) is 67.1 Å². The molecule has 0 saturated carbocycles. The summed E-state index contributed by atoms with van der Waals surface area (Å²) in [6.07, 6.45) is 0. The SMILES string of the molecule is c1ccc(-c2ccc3c(c2)-c2cccc4c(-c5cccc(-c6ccc7ccc8c(-c9ccccc9)ccc9ccc6c7c98)c5)ccc(c24)O3)cc1.